The lowest BCUT2D eigenvalue weighted by Gasteiger charge is -2.19. The first-order chi connectivity index (χ1) is 7.20. The van der Waals surface area contributed by atoms with E-state index in [0.29, 0.717) is 11.1 Å². The minimum atomic E-state index is -0.234. The molecule has 1 aliphatic rings. The molecule has 15 heavy (non-hydrogen) atoms. The Labute approximate surface area is 94.0 Å². The number of rotatable bonds is 2. The second kappa shape index (κ2) is 4.37. The van der Waals surface area contributed by atoms with Gasteiger partial charge in [-0.1, -0.05) is 11.6 Å². The molecule has 0 bridgehead atoms. The summed E-state index contributed by atoms with van der Waals surface area (Å²) in [6.45, 7) is 1.81. The van der Waals surface area contributed by atoms with Crippen LogP contribution in [0.5, 0.6) is 0 Å². The number of anilines is 1. The number of benzene rings is 1. The molecule has 1 heterocycles. The number of hydrogen-bond acceptors (Lipinski definition) is 2. The van der Waals surface area contributed by atoms with Gasteiger partial charge >= 0.3 is 0 Å². The molecule has 1 fully saturated rings. The smallest absolute Gasteiger partial charge is 0.125 e. The third kappa shape index (κ3) is 2.24. The molecular formula is C11H14ClFN2. The topological polar surface area (TPSA) is 15.3 Å². The van der Waals surface area contributed by atoms with Gasteiger partial charge in [-0.3, -0.25) is 0 Å². The van der Waals surface area contributed by atoms with Crippen LogP contribution in [-0.4, -0.2) is 26.2 Å². The van der Waals surface area contributed by atoms with Crippen molar-refractivity contribution in [2.24, 2.45) is 0 Å². The molecule has 82 valence electrons. The van der Waals surface area contributed by atoms with Crippen LogP contribution in [0.4, 0.5) is 10.1 Å². The average molecular weight is 229 g/mol. The van der Waals surface area contributed by atoms with Crippen LogP contribution in [0.15, 0.2) is 18.2 Å². The van der Waals surface area contributed by atoms with Crippen molar-refractivity contribution in [2.45, 2.75) is 12.5 Å². The van der Waals surface area contributed by atoms with Gasteiger partial charge in [0.25, 0.3) is 0 Å². The summed E-state index contributed by atoms with van der Waals surface area (Å²) >= 11 is 6.04. The van der Waals surface area contributed by atoms with Gasteiger partial charge in [0.2, 0.25) is 0 Å². The largest absolute Gasteiger partial charge is 0.369 e. The quantitative estimate of drug-likeness (QED) is 0.836. The third-order valence-corrected chi connectivity index (χ3v) is 3.16. The lowest BCUT2D eigenvalue weighted by atomic mass is 10.3. The van der Waals surface area contributed by atoms with E-state index in [2.05, 4.69) is 10.2 Å². The van der Waals surface area contributed by atoms with Crippen LogP contribution < -0.4 is 10.2 Å². The number of halogens is 2. The molecule has 1 unspecified atom stereocenters. The number of likely N-dealkylation sites (N-methyl/N-ethyl adjacent to an activating group) is 1. The maximum absolute atomic E-state index is 13.1. The SMILES string of the molecule is CNC1CCN(c2cc(F)ccc2Cl)C1. The zero-order chi connectivity index (χ0) is 10.8. The molecule has 2 nitrogen and oxygen atoms in total. The normalized spacial score (nSPS) is 21.0. The summed E-state index contributed by atoms with van der Waals surface area (Å²) in [6, 6.07) is 4.97. The third-order valence-electron chi connectivity index (χ3n) is 2.85. The molecule has 0 radical (unpaired) electrons. The molecule has 2 rings (SSSR count). The summed E-state index contributed by atoms with van der Waals surface area (Å²) in [7, 11) is 1.95. The lowest BCUT2D eigenvalue weighted by molar-refractivity contribution is 0.615. The van der Waals surface area contributed by atoms with Crippen molar-refractivity contribution in [3.8, 4) is 0 Å². The molecule has 4 heteroatoms. The molecule has 1 aliphatic heterocycles. The van der Waals surface area contributed by atoms with Crippen LogP contribution in [0.3, 0.4) is 0 Å². The first-order valence-electron chi connectivity index (χ1n) is 5.08. The van der Waals surface area contributed by atoms with Crippen molar-refractivity contribution in [3.63, 3.8) is 0 Å². The summed E-state index contributed by atoms with van der Waals surface area (Å²) < 4.78 is 13.1. The summed E-state index contributed by atoms with van der Waals surface area (Å²) in [6.07, 6.45) is 1.07. The average Bonchev–Trinajstić information content (AvgIpc) is 2.70. The molecule has 1 atom stereocenters. The number of hydrogen-bond donors (Lipinski definition) is 1. The fourth-order valence-electron chi connectivity index (χ4n) is 1.94. The molecule has 0 spiro atoms. The fourth-order valence-corrected chi connectivity index (χ4v) is 2.18. The van der Waals surface area contributed by atoms with E-state index in [1.165, 1.54) is 12.1 Å². The Morgan fingerprint density at radius 1 is 1.53 bits per heavy atom. The van der Waals surface area contributed by atoms with Crippen LogP contribution in [-0.2, 0) is 0 Å². The van der Waals surface area contributed by atoms with E-state index < -0.39 is 0 Å². The van der Waals surface area contributed by atoms with Gasteiger partial charge in [-0.05, 0) is 31.7 Å². The zero-order valence-corrected chi connectivity index (χ0v) is 9.39. The molecule has 0 amide bonds. The number of nitrogens with zero attached hydrogens (tertiary/aromatic N) is 1. The van der Waals surface area contributed by atoms with Crippen LogP contribution in [0.2, 0.25) is 5.02 Å². The van der Waals surface area contributed by atoms with Crippen LogP contribution >= 0.6 is 11.6 Å². The van der Waals surface area contributed by atoms with Gasteiger partial charge < -0.3 is 10.2 Å². The van der Waals surface area contributed by atoms with E-state index >= 15 is 0 Å². The van der Waals surface area contributed by atoms with Gasteiger partial charge in [0, 0.05) is 19.1 Å². The van der Waals surface area contributed by atoms with Crippen molar-refractivity contribution < 1.29 is 4.39 Å². The van der Waals surface area contributed by atoms with Crippen LogP contribution in [0.1, 0.15) is 6.42 Å². The highest BCUT2D eigenvalue weighted by Crippen LogP contribution is 2.29. The summed E-state index contributed by atoms with van der Waals surface area (Å²) in [4.78, 5) is 2.12. The zero-order valence-electron chi connectivity index (χ0n) is 8.63. The van der Waals surface area contributed by atoms with Crippen LogP contribution in [0, 0.1) is 5.82 Å². The Morgan fingerprint density at radius 2 is 2.33 bits per heavy atom. The standard InChI is InChI=1S/C11H14ClFN2/c1-14-9-4-5-15(7-9)11-6-8(13)2-3-10(11)12/h2-3,6,9,14H,4-5,7H2,1H3. The van der Waals surface area contributed by atoms with Gasteiger partial charge in [0.1, 0.15) is 5.82 Å². The van der Waals surface area contributed by atoms with Gasteiger partial charge in [-0.25, -0.2) is 4.39 Å². The van der Waals surface area contributed by atoms with Crippen molar-refractivity contribution in [1.29, 1.82) is 0 Å². The molecular weight excluding hydrogens is 215 g/mol. The maximum atomic E-state index is 13.1. The Kier molecular flexibility index (Phi) is 3.12. The summed E-state index contributed by atoms with van der Waals surface area (Å²) in [5, 5.41) is 3.84. The second-order valence-corrected chi connectivity index (χ2v) is 4.22. The molecule has 1 saturated heterocycles. The summed E-state index contributed by atoms with van der Waals surface area (Å²) in [5.41, 5.74) is 0.800. The fraction of sp³-hybridized carbons (Fsp3) is 0.455. The van der Waals surface area contributed by atoms with E-state index in [9.17, 15) is 4.39 Å². The Hall–Kier alpha value is -0.800. The Morgan fingerprint density at radius 3 is 3.00 bits per heavy atom. The predicted molar refractivity (Wildman–Crippen MR) is 61.1 cm³/mol. The summed E-state index contributed by atoms with van der Waals surface area (Å²) in [5.74, 6) is -0.234. The van der Waals surface area contributed by atoms with Crippen molar-refractivity contribution in [3.05, 3.63) is 29.0 Å². The number of nitrogens with one attached hydrogen (secondary N) is 1. The maximum Gasteiger partial charge on any atom is 0.125 e. The minimum absolute atomic E-state index is 0.234. The van der Waals surface area contributed by atoms with Gasteiger partial charge in [-0.2, -0.15) is 0 Å². The van der Waals surface area contributed by atoms with Crippen molar-refractivity contribution in [2.75, 3.05) is 25.0 Å². The van der Waals surface area contributed by atoms with Crippen molar-refractivity contribution in [1.82, 2.24) is 5.32 Å². The highest BCUT2D eigenvalue weighted by molar-refractivity contribution is 6.33. The molecule has 0 saturated carbocycles. The lowest BCUT2D eigenvalue weighted by Crippen LogP contribution is -2.29. The highest BCUT2D eigenvalue weighted by Gasteiger charge is 2.22. The Bertz CT molecular complexity index is 356. The monoisotopic (exact) mass is 228 g/mol. The molecule has 1 aromatic carbocycles. The van der Waals surface area contributed by atoms with E-state index in [0.717, 1.165) is 25.2 Å². The van der Waals surface area contributed by atoms with E-state index in [-0.39, 0.29) is 5.82 Å². The first-order valence-corrected chi connectivity index (χ1v) is 5.46. The minimum Gasteiger partial charge on any atom is -0.369 e. The van der Waals surface area contributed by atoms with Gasteiger partial charge in [0.05, 0.1) is 10.7 Å². The van der Waals surface area contributed by atoms with Gasteiger partial charge in [-0.15, -0.1) is 0 Å². The molecule has 0 aliphatic carbocycles. The van der Waals surface area contributed by atoms with Crippen LogP contribution in [0.25, 0.3) is 0 Å². The van der Waals surface area contributed by atoms with E-state index in [4.69, 9.17) is 11.6 Å². The van der Waals surface area contributed by atoms with Crippen molar-refractivity contribution >= 4 is 17.3 Å². The molecule has 1 aromatic rings. The van der Waals surface area contributed by atoms with E-state index in [1.54, 1.807) is 6.07 Å². The predicted octanol–water partition coefficient (Wildman–Crippen LogP) is 2.28. The molecule has 1 N–H and O–H groups in total. The highest BCUT2D eigenvalue weighted by atomic mass is 35.5. The Balaban J connectivity index is 2.19. The molecule has 0 aromatic heterocycles. The van der Waals surface area contributed by atoms with Gasteiger partial charge in [0.15, 0.2) is 0 Å². The first kappa shape index (κ1) is 10.7. The van der Waals surface area contributed by atoms with E-state index in [1.807, 2.05) is 7.05 Å². The second-order valence-electron chi connectivity index (χ2n) is 3.82.